The Balaban J connectivity index is 1.69. The number of aromatic nitrogens is 2. The number of rotatable bonds is 7. The molecule has 2 aliphatic rings. The number of imide groups is 1. The maximum absolute atomic E-state index is 12.5. The second-order valence-electron chi connectivity index (χ2n) is 8.46. The molecule has 164 valence electrons. The van der Waals surface area contributed by atoms with Gasteiger partial charge >= 0.3 is 0 Å². The topological polar surface area (TPSA) is 93.5 Å². The van der Waals surface area contributed by atoms with Crippen LogP contribution in [-0.4, -0.2) is 51.9 Å². The van der Waals surface area contributed by atoms with Crippen LogP contribution in [0.3, 0.4) is 0 Å². The quantitative estimate of drug-likeness (QED) is 0.544. The van der Waals surface area contributed by atoms with E-state index in [0.717, 1.165) is 17.2 Å². The summed E-state index contributed by atoms with van der Waals surface area (Å²) in [5.74, 6) is -0.516. The molecule has 1 aromatic heterocycles. The van der Waals surface area contributed by atoms with Gasteiger partial charge in [-0.05, 0) is 30.8 Å². The third-order valence-electron chi connectivity index (χ3n) is 5.72. The lowest BCUT2D eigenvalue weighted by molar-refractivity contribution is -0.147. The van der Waals surface area contributed by atoms with Gasteiger partial charge in [-0.1, -0.05) is 33.1 Å². The van der Waals surface area contributed by atoms with Crippen LogP contribution in [0.5, 0.6) is 0 Å². The first-order chi connectivity index (χ1) is 14.4. The van der Waals surface area contributed by atoms with E-state index in [-0.39, 0.29) is 18.2 Å². The zero-order chi connectivity index (χ0) is 21.7. The summed E-state index contributed by atoms with van der Waals surface area (Å²) >= 11 is 0. The molecule has 0 unspecified atom stereocenters. The first-order valence-electron chi connectivity index (χ1n) is 10.8. The van der Waals surface area contributed by atoms with Gasteiger partial charge in [0.15, 0.2) is 0 Å². The van der Waals surface area contributed by atoms with Crippen LogP contribution in [-0.2, 0) is 25.7 Å². The van der Waals surface area contributed by atoms with E-state index in [9.17, 15) is 14.4 Å². The number of hydrogen-bond donors (Lipinski definition) is 1. The van der Waals surface area contributed by atoms with E-state index in [0.29, 0.717) is 24.8 Å². The molecule has 3 rings (SSSR count). The van der Waals surface area contributed by atoms with Gasteiger partial charge < -0.3 is 14.6 Å². The van der Waals surface area contributed by atoms with Crippen molar-refractivity contribution in [3.05, 3.63) is 23.4 Å². The lowest BCUT2D eigenvalue weighted by Crippen LogP contribution is -2.51. The highest BCUT2D eigenvalue weighted by Gasteiger charge is 2.31. The predicted octanol–water partition coefficient (Wildman–Crippen LogP) is 2.45. The fraction of sp³-hybridized carbons (Fsp3) is 0.636. The molecule has 1 aliphatic heterocycles. The van der Waals surface area contributed by atoms with Crippen molar-refractivity contribution in [3.8, 4) is 0 Å². The standard InChI is InChI=1S/C22H32N4O4/c1-15(2)21-18(11-19-22(29)26(16(3)27)12-20(28)24-19)23-14-25(21)9-10-30-13-17-7-5-4-6-8-17/h11,14-15,17H,4-10,12-13H2,1-3H3,(H,24,28). The monoisotopic (exact) mass is 416 g/mol. The van der Waals surface area contributed by atoms with Crippen LogP contribution in [0.4, 0.5) is 0 Å². The molecule has 3 amide bonds. The van der Waals surface area contributed by atoms with E-state index in [2.05, 4.69) is 24.1 Å². The SMILES string of the molecule is CC(=O)N1CC(=O)NC(=Cc2ncn(CCOCC3CCCCC3)c2C(C)C)C1=O. The molecule has 1 aromatic rings. The second kappa shape index (κ2) is 10.0. The van der Waals surface area contributed by atoms with E-state index >= 15 is 0 Å². The molecule has 0 spiro atoms. The summed E-state index contributed by atoms with van der Waals surface area (Å²) in [5, 5.41) is 2.57. The van der Waals surface area contributed by atoms with Gasteiger partial charge in [-0.3, -0.25) is 19.3 Å². The van der Waals surface area contributed by atoms with Crippen LogP contribution in [0, 0.1) is 5.92 Å². The Labute approximate surface area is 177 Å². The zero-order valence-electron chi connectivity index (χ0n) is 18.1. The maximum Gasteiger partial charge on any atom is 0.277 e. The van der Waals surface area contributed by atoms with Crippen molar-refractivity contribution in [2.45, 2.75) is 65.3 Å². The van der Waals surface area contributed by atoms with Crippen LogP contribution in [0.1, 0.15) is 70.2 Å². The summed E-state index contributed by atoms with van der Waals surface area (Å²) in [6.07, 6.45) is 9.78. The molecular weight excluding hydrogens is 384 g/mol. The maximum atomic E-state index is 12.5. The highest BCUT2D eigenvalue weighted by Crippen LogP contribution is 2.24. The average Bonchev–Trinajstić information content (AvgIpc) is 3.11. The van der Waals surface area contributed by atoms with Gasteiger partial charge in [0, 0.05) is 25.8 Å². The molecule has 0 atom stereocenters. The van der Waals surface area contributed by atoms with Crippen molar-refractivity contribution in [2.24, 2.45) is 5.92 Å². The lowest BCUT2D eigenvalue weighted by atomic mass is 9.90. The molecule has 1 N–H and O–H groups in total. The Morgan fingerprint density at radius 3 is 2.70 bits per heavy atom. The number of nitrogens with one attached hydrogen (secondary N) is 1. The molecule has 0 aromatic carbocycles. The Kier molecular flexibility index (Phi) is 7.42. The van der Waals surface area contributed by atoms with E-state index < -0.39 is 17.7 Å². The molecule has 30 heavy (non-hydrogen) atoms. The van der Waals surface area contributed by atoms with Gasteiger partial charge in [0.05, 0.1) is 18.6 Å². The van der Waals surface area contributed by atoms with Gasteiger partial charge in [0.25, 0.3) is 5.91 Å². The number of carbonyl (C=O) groups excluding carboxylic acids is 3. The van der Waals surface area contributed by atoms with Gasteiger partial charge in [-0.25, -0.2) is 4.98 Å². The van der Waals surface area contributed by atoms with Crippen LogP contribution in [0.2, 0.25) is 0 Å². The van der Waals surface area contributed by atoms with Gasteiger partial charge in [-0.15, -0.1) is 0 Å². The minimum absolute atomic E-state index is 0.0714. The normalized spacial score (nSPS) is 19.6. The van der Waals surface area contributed by atoms with Crippen molar-refractivity contribution >= 4 is 23.8 Å². The molecular formula is C22H32N4O4. The fourth-order valence-corrected chi connectivity index (χ4v) is 4.18. The number of hydrogen-bond acceptors (Lipinski definition) is 5. The summed E-state index contributed by atoms with van der Waals surface area (Å²) in [6.45, 7) is 7.23. The number of nitrogens with zero attached hydrogens (tertiary/aromatic N) is 3. The fourth-order valence-electron chi connectivity index (χ4n) is 4.18. The number of imidazole rings is 1. The molecule has 1 saturated carbocycles. The van der Waals surface area contributed by atoms with Crippen LogP contribution < -0.4 is 5.32 Å². The van der Waals surface area contributed by atoms with Crippen LogP contribution in [0.25, 0.3) is 6.08 Å². The second-order valence-corrected chi connectivity index (χ2v) is 8.46. The molecule has 8 heteroatoms. The first-order valence-corrected chi connectivity index (χ1v) is 10.8. The van der Waals surface area contributed by atoms with Crippen molar-refractivity contribution in [1.29, 1.82) is 0 Å². The largest absolute Gasteiger partial charge is 0.379 e. The Hall–Kier alpha value is -2.48. The third-order valence-corrected chi connectivity index (χ3v) is 5.72. The Bertz CT molecular complexity index is 821. The van der Waals surface area contributed by atoms with Crippen molar-refractivity contribution < 1.29 is 19.1 Å². The molecule has 1 aliphatic carbocycles. The summed E-state index contributed by atoms with van der Waals surface area (Å²) in [5.41, 5.74) is 1.65. The highest BCUT2D eigenvalue weighted by atomic mass is 16.5. The minimum Gasteiger partial charge on any atom is -0.379 e. The van der Waals surface area contributed by atoms with Crippen molar-refractivity contribution in [1.82, 2.24) is 19.8 Å². The Morgan fingerprint density at radius 1 is 1.30 bits per heavy atom. The van der Waals surface area contributed by atoms with E-state index in [1.165, 1.54) is 39.0 Å². The summed E-state index contributed by atoms with van der Waals surface area (Å²) in [4.78, 5) is 41.5. The smallest absolute Gasteiger partial charge is 0.277 e. The third kappa shape index (κ3) is 5.36. The van der Waals surface area contributed by atoms with E-state index in [1.807, 2.05) is 4.57 Å². The zero-order valence-corrected chi connectivity index (χ0v) is 18.1. The van der Waals surface area contributed by atoms with Gasteiger partial charge in [0.2, 0.25) is 11.8 Å². The van der Waals surface area contributed by atoms with E-state index in [1.54, 1.807) is 12.4 Å². The molecule has 1 saturated heterocycles. The summed E-state index contributed by atoms with van der Waals surface area (Å²) in [6, 6.07) is 0. The molecule has 2 fully saturated rings. The summed E-state index contributed by atoms with van der Waals surface area (Å²) < 4.78 is 7.96. The molecule has 2 heterocycles. The summed E-state index contributed by atoms with van der Waals surface area (Å²) in [7, 11) is 0. The predicted molar refractivity (Wildman–Crippen MR) is 112 cm³/mol. The highest BCUT2D eigenvalue weighted by molar-refractivity contribution is 6.12. The molecule has 0 bridgehead atoms. The average molecular weight is 417 g/mol. The number of piperazine rings is 1. The van der Waals surface area contributed by atoms with Crippen LogP contribution in [0.15, 0.2) is 12.0 Å². The van der Waals surface area contributed by atoms with Crippen LogP contribution >= 0.6 is 0 Å². The first kappa shape index (κ1) is 22.2. The minimum atomic E-state index is -0.512. The van der Waals surface area contributed by atoms with E-state index in [4.69, 9.17) is 4.74 Å². The van der Waals surface area contributed by atoms with Crippen molar-refractivity contribution in [3.63, 3.8) is 0 Å². The lowest BCUT2D eigenvalue weighted by Gasteiger charge is -2.25. The molecule has 0 radical (unpaired) electrons. The number of ether oxygens (including phenoxy) is 1. The number of carbonyl (C=O) groups is 3. The van der Waals surface area contributed by atoms with Crippen molar-refractivity contribution in [2.75, 3.05) is 19.8 Å². The van der Waals surface area contributed by atoms with Gasteiger partial charge in [-0.2, -0.15) is 0 Å². The Morgan fingerprint density at radius 2 is 2.03 bits per heavy atom. The van der Waals surface area contributed by atoms with Gasteiger partial charge in [0.1, 0.15) is 12.2 Å². The molecule has 8 nitrogen and oxygen atoms in total. The number of amides is 3.